The van der Waals surface area contributed by atoms with Crippen molar-refractivity contribution in [1.29, 1.82) is 0 Å². The molecule has 0 aromatic heterocycles. The molecule has 1 aliphatic rings. The van der Waals surface area contributed by atoms with E-state index in [9.17, 15) is 18.0 Å². The fraction of sp³-hybridized carbons (Fsp3) is 0.333. The molecule has 1 aliphatic carbocycles. The first kappa shape index (κ1) is 29.9. The number of hydrogen-bond acceptors (Lipinski definition) is 4. The van der Waals surface area contributed by atoms with Crippen LogP contribution in [0.2, 0.25) is 10.0 Å². The van der Waals surface area contributed by atoms with Gasteiger partial charge in [0.1, 0.15) is 12.6 Å². The lowest BCUT2D eigenvalue weighted by Crippen LogP contribution is -2.52. The Morgan fingerprint density at radius 2 is 1.62 bits per heavy atom. The second kappa shape index (κ2) is 13.1. The number of carbonyl (C=O) groups excluding carboxylic acids is 2. The zero-order valence-electron chi connectivity index (χ0n) is 22.5. The Bertz CT molecular complexity index is 1440. The summed E-state index contributed by atoms with van der Waals surface area (Å²) in [6.45, 7) is 3.04. The number of nitrogens with one attached hydrogen (secondary N) is 1. The van der Waals surface area contributed by atoms with E-state index < -0.39 is 28.5 Å². The van der Waals surface area contributed by atoms with Gasteiger partial charge in [-0.2, -0.15) is 0 Å². The average Bonchev–Trinajstić information content (AvgIpc) is 3.45. The molecular formula is C30H33Cl2N3O4S. The summed E-state index contributed by atoms with van der Waals surface area (Å²) in [4.78, 5) is 28.7. The maximum absolute atomic E-state index is 14.0. The predicted molar refractivity (Wildman–Crippen MR) is 159 cm³/mol. The topological polar surface area (TPSA) is 86.8 Å². The Morgan fingerprint density at radius 1 is 0.975 bits per heavy atom. The average molecular weight is 603 g/mol. The van der Waals surface area contributed by atoms with Gasteiger partial charge in [-0.05, 0) is 68.7 Å². The molecule has 0 heterocycles. The largest absolute Gasteiger partial charge is 0.352 e. The van der Waals surface area contributed by atoms with Crippen LogP contribution in [0.15, 0.2) is 77.7 Å². The maximum atomic E-state index is 14.0. The number of benzene rings is 3. The van der Waals surface area contributed by atoms with Crippen LogP contribution in [0, 0.1) is 6.92 Å². The normalized spacial score (nSPS) is 14.5. The molecule has 0 saturated heterocycles. The first-order valence-corrected chi connectivity index (χ1v) is 15.4. The highest BCUT2D eigenvalue weighted by Crippen LogP contribution is 2.27. The Labute approximate surface area is 246 Å². The molecule has 7 nitrogen and oxygen atoms in total. The minimum absolute atomic E-state index is 0.00120. The summed E-state index contributed by atoms with van der Waals surface area (Å²) in [6, 6.07) is 19.0. The van der Waals surface area contributed by atoms with Crippen molar-refractivity contribution in [3.05, 3.63) is 94.0 Å². The van der Waals surface area contributed by atoms with Gasteiger partial charge in [-0.25, -0.2) is 8.42 Å². The quantitative estimate of drug-likeness (QED) is 0.310. The molecule has 1 fully saturated rings. The van der Waals surface area contributed by atoms with Crippen molar-refractivity contribution in [2.45, 2.75) is 63.1 Å². The highest BCUT2D eigenvalue weighted by molar-refractivity contribution is 7.92. The summed E-state index contributed by atoms with van der Waals surface area (Å²) in [6.07, 6.45) is 3.88. The molecule has 0 unspecified atom stereocenters. The van der Waals surface area contributed by atoms with Crippen molar-refractivity contribution >= 4 is 50.7 Å². The van der Waals surface area contributed by atoms with Gasteiger partial charge < -0.3 is 10.2 Å². The molecule has 1 saturated carbocycles. The van der Waals surface area contributed by atoms with Gasteiger partial charge in [0.2, 0.25) is 11.8 Å². The smallest absolute Gasteiger partial charge is 0.264 e. The van der Waals surface area contributed by atoms with Crippen molar-refractivity contribution in [2.24, 2.45) is 0 Å². The summed E-state index contributed by atoms with van der Waals surface area (Å²) >= 11 is 12.5. The van der Waals surface area contributed by atoms with E-state index in [-0.39, 0.29) is 23.4 Å². The van der Waals surface area contributed by atoms with Crippen molar-refractivity contribution in [2.75, 3.05) is 10.8 Å². The number of aryl methyl sites for hydroxylation is 1. The summed E-state index contributed by atoms with van der Waals surface area (Å²) in [5.41, 5.74) is 1.88. The predicted octanol–water partition coefficient (Wildman–Crippen LogP) is 5.97. The molecule has 212 valence electrons. The van der Waals surface area contributed by atoms with Crippen LogP contribution in [0.25, 0.3) is 0 Å². The highest BCUT2D eigenvalue weighted by Gasteiger charge is 2.33. The number of amides is 2. The zero-order valence-corrected chi connectivity index (χ0v) is 24.8. The lowest BCUT2D eigenvalue weighted by Gasteiger charge is -2.32. The second-order valence-electron chi connectivity index (χ2n) is 10.1. The van der Waals surface area contributed by atoms with E-state index in [2.05, 4.69) is 5.32 Å². The molecule has 4 rings (SSSR count). The summed E-state index contributed by atoms with van der Waals surface area (Å²) in [7, 11) is -4.11. The molecule has 2 amide bonds. The fourth-order valence-corrected chi connectivity index (χ4v) is 6.67. The molecule has 1 N–H and O–H groups in total. The van der Waals surface area contributed by atoms with Gasteiger partial charge >= 0.3 is 0 Å². The van der Waals surface area contributed by atoms with Gasteiger partial charge in [-0.3, -0.25) is 13.9 Å². The second-order valence-corrected chi connectivity index (χ2v) is 12.8. The van der Waals surface area contributed by atoms with Crippen LogP contribution in [0.1, 0.15) is 43.7 Å². The number of carbonyl (C=O) groups is 2. The van der Waals surface area contributed by atoms with E-state index in [1.165, 1.54) is 17.0 Å². The SMILES string of the molecule is Cc1ccc(N(CC(=O)N(Cc2ccc(Cl)cc2Cl)[C@H](C)C(=O)NC2CCCC2)S(=O)(=O)c2ccccc2)cc1. The Kier molecular flexibility index (Phi) is 9.77. The van der Waals surface area contributed by atoms with Crippen LogP contribution in [0.5, 0.6) is 0 Å². The third kappa shape index (κ3) is 7.16. The molecule has 0 radical (unpaired) electrons. The van der Waals surface area contributed by atoms with Crippen LogP contribution in [0.4, 0.5) is 5.69 Å². The Balaban J connectivity index is 1.69. The van der Waals surface area contributed by atoms with Crippen molar-refractivity contribution in [3.63, 3.8) is 0 Å². The third-order valence-electron chi connectivity index (χ3n) is 7.16. The van der Waals surface area contributed by atoms with Gasteiger partial charge in [-0.1, -0.05) is 78.0 Å². The third-order valence-corrected chi connectivity index (χ3v) is 9.53. The van der Waals surface area contributed by atoms with Crippen LogP contribution in [0.3, 0.4) is 0 Å². The van der Waals surface area contributed by atoms with E-state index in [0.717, 1.165) is 35.6 Å². The van der Waals surface area contributed by atoms with E-state index in [4.69, 9.17) is 23.2 Å². The number of rotatable bonds is 10. The molecule has 10 heteroatoms. The van der Waals surface area contributed by atoms with Crippen LogP contribution in [-0.4, -0.2) is 43.8 Å². The Hall–Kier alpha value is -3.07. The number of halogens is 2. The number of anilines is 1. The highest BCUT2D eigenvalue weighted by atomic mass is 35.5. The number of hydrogen-bond donors (Lipinski definition) is 1. The minimum Gasteiger partial charge on any atom is -0.352 e. The van der Waals surface area contributed by atoms with Gasteiger partial charge in [0.25, 0.3) is 10.0 Å². The van der Waals surface area contributed by atoms with Crippen LogP contribution >= 0.6 is 23.2 Å². The molecule has 40 heavy (non-hydrogen) atoms. The summed E-state index contributed by atoms with van der Waals surface area (Å²) < 4.78 is 28.7. The van der Waals surface area contributed by atoms with Crippen molar-refractivity contribution in [3.8, 4) is 0 Å². The monoisotopic (exact) mass is 601 g/mol. The van der Waals surface area contributed by atoms with Crippen LogP contribution in [-0.2, 0) is 26.2 Å². The standard InChI is InChI=1S/C30H33Cl2N3O4S/c1-21-12-16-26(17-13-21)35(40(38,39)27-10-4-3-5-11-27)20-29(36)34(19-23-14-15-24(31)18-28(23)32)22(2)30(37)33-25-8-6-7-9-25/h3-5,10-18,22,25H,6-9,19-20H2,1-2H3,(H,33,37)/t22-/m1/s1. The summed E-state index contributed by atoms with van der Waals surface area (Å²) in [5.74, 6) is -0.835. The van der Waals surface area contributed by atoms with E-state index in [0.29, 0.717) is 21.3 Å². The minimum atomic E-state index is -4.11. The van der Waals surface area contributed by atoms with Crippen LogP contribution < -0.4 is 9.62 Å². The molecule has 0 bridgehead atoms. The fourth-order valence-electron chi connectivity index (χ4n) is 4.77. The summed E-state index contributed by atoms with van der Waals surface area (Å²) in [5, 5.41) is 3.84. The molecule has 0 spiro atoms. The van der Waals surface area contributed by atoms with E-state index >= 15 is 0 Å². The molecule has 1 atom stereocenters. The zero-order chi connectivity index (χ0) is 28.9. The van der Waals surface area contributed by atoms with E-state index in [1.54, 1.807) is 67.6 Å². The van der Waals surface area contributed by atoms with Gasteiger partial charge in [0, 0.05) is 22.6 Å². The lowest BCUT2D eigenvalue weighted by molar-refractivity contribution is -0.139. The maximum Gasteiger partial charge on any atom is 0.264 e. The Morgan fingerprint density at radius 3 is 2.25 bits per heavy atom. The van der Waals surface area contributed by atoms with E-state index in [1.807, 2.05) is 6.92 Å². The number of nitrogens with zero attached hydrogens (tertiary/aromatic N) is 2. The van der Waals surface area contributed by atoms with Gasteiger partial charge in [-0.15, -0.1) is 0 Å². The molecule has 0 aliphatic heterocycles. The van der Waals surface area contributed by atoms with Crippen molar-refractivity contribution in [1.82, 2.24) is 10.2 Å². The first-order chi connectivity index (χ1) is 19.1. The van der Waals surface area contributed by atoms with Crippen molar-refractivity contribution < 1.29 is 18.0 Å². The number of sulfonamides is 1. The van der Waals surface area contributed by atoms with Gasteiger partial charge in [0.05, 0.1) is 10.6 Å². The molecule has 3 aromatic rings. The first-order valence-electron chi connectivity index (χ1n) is 13.2. The lowest BCUT2D eigenvalue weighted by atomic mass is 10.1. The molecule has 3 aromatic carbocycles. The molecular weight excluding hydrogens is 569 g/mol. The van der Waals surface area contributed by atoms with Gasteiger partial charge in [0.15, 0.2) is 0 Å².